The number of hydrogen-bond acceptors (Lipinski definition) is 2. The molecule has 2 N–H and O–H groups in total. The first-order chi connectivity index (χ1) is 9.56. The van der Waals surface area contributed by atoms with E-state index < -0.39 is 5.97 Å². The minimum atomic E-state index is -0.930. The molecule has 0 aliphatic carbocycles. The molecule has 0 fully saturated rings. The van der Waals surface area contributed by atoms with E-state index in [4.69, 9.17) is 5.11 Å². The lowest BCUT2D eigenvalue weighted by Crippen LogP contribution is -2.14. The predicted molar refractivity (Wildman–Crippen MR) is 84.9 cm³/mol. The molecule has 2 aromatic rings. The van der Waals surface area contributed by atoms with Crippen molar-refractivity contribution in [2.75, 3.05) is 5.32 Å². The van der Waals surface area contributed by atoms with Crippen molar-refractivity contribution in [1.82, 2.24) is 0 Å². The van der Waals surface area contributed by atoms with E-state index in [2.05, 4.69) is 27.9 Å². The molecule has 0 saturated heterocycles. The molecule has 0 radical (unpaired) electrons. The van der Waals surface area contributed by atoms with Crippen molar-refractivity contribution in [1.29, 1.82) is 0 Å². The van der Waals surface area contributed by atoms with E-state index in [1.165, 1.54) is 0 Å². The number of carbonyl (C=O) groups is 2. The van der Waals surface area contributed by atoms with Crippen LogP contribution in [0.1, 0.15) is 15.9 Å². The minimum Gasteiger partial charge on any atom is -0.481 e. The Kier molecular flexibility index (Phi) is 4.73. The second kappa shape index (κ2) is 6.51. The first kappa shape index (κ1) is 14.5. The van der Waals surface area contributed by atoms with Gasteiger partial charge in [-0.3, -0.25) is 9.59 Å². The molecule has 2 rings (SSSR count). The third kappa shape index (κ3) is 3.80. The van der Waals surface area contributed by atoms with E-state index in [0.29, 0.717) is 16.8 Å². The second-order valence-electron chi connectivity index (χ2n) is 4.19. The first-order valence-electron chi connectivity index (χ1n) is 5.93. The average Bonchev–Trinajstić information content (AvgIpc) is 2.41. The minimum absolute atomic E-state index is 0.122. The van der Waals surface area contributed by atoms with Crippen LogP contribution >= 0.6 is 22.6 Å². The summed E-state index contributed by atoms with van der Waals surface area (Å²) >= 11 is 2.17. The molecular weight excluding hydrogens is 369 g/mol. The predicted octanol–water partition coefficient (Wildman–Crippen LogP) is 3.17. The molecular formula is C15H12INO3. The number of carboxylic acid groups (broad SMARTS) is 1. The van der Waals surface area contributed by atoms with Gasteiger partial charge in [-0.15, -0.1) is 0 Å². The largest absolute Gasteiger partial charge is 0.481 e. The van der Waals surface area contributed by atoms with Crippen molar-refractivity contribution < 1.29 is 14.7 Å². The summed E-state index contributed by atoms with van der Waals surface area (Å²) in [6.45, 7) is 0. The van der Waals surface area contributed by atoms with Crippen LogP contribution in [0.4, 0.5) is 5.69 Å². The van der Waals surface area contributed by atoms with Gasteiger partial charge in [0, 0.05) is 14.8 Å². The summed E-state index contributed by atoms with van der Waals surface area (Å²) in [6, 6.07) is 14.1. The summed E-state index contributed by atoms with van der Waals surface area (Å²) in [4.78, 5) is 22.9. The molecule has 0 aliphatic rings. The van der Waals surface area contributed by atoms with E-state index >= 15 is 0 Å². The highest BCUT2D eigenvalue weighted by molar-refractivity contribution is 14.1. The van der Waals surface area contributed by atoms with Crippen LogP contribution < -0.4 is 5.32 Å². The van der Waals surface area contributed by atoms with Gasteiger partial charge in [0.15, 0.2) is 0 Å². The monoisotopic (exact) mass is 381 g/mol. The van der Waals surface area contributed by atoms with E-state index in [1.807, 2.05) is 12.1 Å². The van der Waals surface area contributed by atoms with Gasteiger partial charge in [-0.1, -0.05) is 18.2 Å². The van der Waals surface area contributed by atoms with Gasteiger partial charge in [-0.05, 0) is 58.5 Å². The molecule has 0 aliphatic heterocycles. The maximum atomic E-state index is 12.1. The third-order valence-electron chi connectivity index (χ3n) is 2.71. The summed E-state index contributed by atoms with van der Waals surface area (Å²) < 4.78 is 1.05. The van der Waals surface area contributed by atoms with Crippen LogP contribution in [-0.4, -0.2) is 17.0 Å². The van der Waals surface area contributed by atoms with Gasteiger partial charge in [-0.25, -0.2) is 0 Å². The molecule has 0 saturated carbocycles. The number of carboxylic acids is 1. The van der Waals surface area contributed by atoms with Crippen molar-refractivity contribution in [3.63, 3.8) is 0 Å². The topological polar surface area (TPSA) is 66.4 Å². The molecule has 1 amide bonds. The Morgan fingerprint density at radius 2 is 1.70 bits per heavy atom. The molecule has 0 bridgehead atoms. The standard InChI is InChI=1S/C15H12INO3/c16-12-7-5-10(6-8-12)15(20)17-13-4-2-1-3-11(13)9-14(18)19/h1-8H,9H2,(H,17,20)(H,18,19). The molecule has 2 aromatic carbocycles. The number of carbonyl (C=O) groups excluding carboxylic acids is 1. The highest BCUT2D eigenvalue weighted by atomic mass is 127. The van der Waals surface area contributed by atoms with Crippen molar-refractivity contribution in [3.8, 4) is 0 Å². The number of hydrogen-bond donors (Lipinski definition) is 2. The highest BCUT2D eigenvalue weighted by Gasteiger charge is 2.10. The first-order valence-corrected chi connectivity index (χ1v) is 7.01. The number of anilines is 1. The summed E-state index contributed by atoms with van der Waals surface area (Å²) in [5.41, 5.74) is 1.65. The lowest BCUT2D eigenvalue weighted by molar-refractivity contribution is -0.136. The molecule has 102 valence electrons. The Morgan fingerprint density at radius 3 is 2.35 bits per heavy atom. The summed E-state index contributed by atoms with van der Waals surface area (Å²) in [5.74, 6) is -1.18. The Balaban J connectivity index is 2.19. The lowest BCUT2D eigenvalue weighted by atomic mass is 10.1. The fraction of sp³-hybridized carbons (Fsp3) is 0.0667. The quantitative estimate of drug-likeness (QED) is 0.800. The van der Waals surface area contributed by atoms with Crippen LogP contribution in [0.15, 0.2) is 48.5 Å². The maximum Gasteiger partial charge on any atom is 0.307 e. The molecule has 0 spiro atoms. The molecule has 0 atom stereocenters. The number of amides is 1. The normalized spacial score (nSPS) is 10.1. The summed E-state index contributed by atoms with van der Waals surface area (Å²) in [6.07, 6.45) is -0.122. The van der Waals surface area contributed by atoms with Gasteiger partial charge >= 0.3 is 5.97 Å². The van der Waals surface area contributed by atoms with Gasteiger partial charge in [-0.2, -0.15) is 0 Å². The molecule has 0 aromatic heterocycles. The van der Waals surface area contributed by atoms with Crippen molar-refractivity contribution in [2.24, 2.45) is 0 Å². The number of halogens is 1. The van der Waals surface area contributed by atoms with Crippen LogP contribution in [-0.2, 0) is 11.2 Å². The molecule has 0 heterocycles. The lowest BCUT2D eigenvalue weighted by Gasteiger charge is -2.09. The van der Waals surface area contributed by atoms with E-state index in [0.717, 1.165) is 3.57 Å². The van der Waals surface area contributed by atoms with Crippen LogP contribution in [0.2, 0.25) is 0 Å². The number of nitrogens with one attached hydrogen (secondary N) is 1. The maximum absolute atomic E-state index is 12.1. The zero-order chi connectivity index (χ0) is 14.5. The highest BCUT2D eigenvalue weighted by Crippen LogP contribution is 2.17. The van der Waals surface area contributed by atoms with Crippen molar-refractivity contribution in [2.45, 2.75) is 6.42 Å². The SMILES string of the molecule is O=C(O)Cc1ccccc1NC(=O)c1ccc(I)cc1. The zero-order valence-electron chi connectivity index (χ0n) is 10.5. The zero-order valence-corrected chi connectivity index (χ0v) is 12.6. The van der Waals surface area contributed by atoms with Crippen molar-refractivity contribution >= 4 is 40.2 Å². The number of benzene rings is 2. The van der Waals surface area contributed by atoms with E-state index in [9.17, 15) is 9.59 Å². The summed E-state index contributed by atoms with van der Waals surface area (Å²) in [7, 11) is 0. The van der Waals surface area contributed by atoms with Gasteiger partial charge < -0.3 is 10.4 Å². The van der Waals surface area contributed by atoms with Crippen LogP contribution in [0, 0.1) is 3.57 Å². The van der Waals surface area contributed by atoms with Gasteiger partial charge in [0.05, 0.1) is 6.42 Å². The number of para-hydroxylation sites is 1. The second-order valence-corrected chi connectivity index (χ2v) is 5.43. The van der Waals surface area contributed by atoms with Crippen LogP contribution in [0.5, 0.6) is 0 Å². The van der Waals surface area contributed by atoms with Crippen molar-refractivity contribution in [3.05, 3.63) is 63.2 Å². The Morgan fingerprint density at radius 1 is 1.05 bits per heavy atom. The molecule has 5 heteroatoms. The molecule has 0 unspecified atom stereocenters. The molecule has 4 nitrogen and oxygen atoms in total. The van der Waals surface area contributed by atoms with Gasteiger partial charge in [0.2, 0.25) is 0 Å². The van der Waals surface area contributed by atoms with E-state index in [1.54, 1.807) is 36.4 Å². The smallest absolute Gasteiger partial charge is 0.307 e. The third-order valence-corrected chi connectivity index (χ3v) is 3.43. The van der Waals surface area contributed by atoms with E-state index in [-0.39, 0.29) is 12.3 Å². The van der Waals surface area contributed by atoms with Crippen LogP contribution in [0.25, 0.3) is 0 Å². The fourth-order valence-corrected chi connectivity index (χ4v) is 2.11. The average molecular weight is 381 g/mol. The number of aliphatic carboxylic acids is 1. The summed E-state index contributed by atoms with van der Waals surface area (Å²) in [5, 5.41) is 11.6. The Bertz CT molecular complexity index is 638. The van der Waals surface area contributed by atoms with Gasteiger partial charge in [0.25, 0.3) is 5.91 Å². The Hall–Kier alpha value is -1.89. The molecule has 20 heavy (non-hydrogen) atoms. The van der Waals surface area contributed by atoms with Gasteiger partial charge in [0.1, 0.15) is 0 Å². The fourth-order valence-electron chi connectivity index (χ4n) is 1.76. The van der Waals surface area contributed by atoms with Crippen LogP contribution in [0.3, 0.4) is 0 Å². The Labute approximate surface area is 130 Å². The number of rotatable bonds is 4.